The SMILES string of the molecule is Cn1ccc(C(=O)Nc2ccc(NC(=O)c3[nH]ncc3Br)cc2)n1. The molecule has 122 valence electrons. The lowest BCUT2D eigenvalue weighted by molar-refractivity contribution is 0.101. The van der Waals surface area contributed by atoms with Gasteiger partial charge >= 0.3 is 0 Å². The lowest BCUT2D eigenvalue weighted by Crippen LogP contribution is -2.14. The van der Waals surface area contributed by atoms with Gasteiger partial charge in [0, 0.05) is 24.6 Å². The number of rotatable bonds is 4. The predicted octanol–water partition coefficient (Wildman–Crippen LogP) is 2.41. The van der Waals surface area contributed by atoms with Crippen LogP contribution in [0.3, 0.4) is 0 Å². The van der Waals surface area contributed by atoms with Crippen molar-refractivity contribution in [1.82, 2.24) is 20.0 Å². The van der Waals surface area contributed by atoms with Crippen molar-refractivity contribution in [2.75, 3.05) is 10.6 Å². The van der Waals surface area contributed by atoms with Crippen LogP contribution in [0, 0.1) is 0 Å². The molecular weight excluding hydrogens is 376 g/mol. The van der Waals surface area contributed by atoms with Gasteiger partial charge in [0.25, 0.3) is 11.8 Å². The van der Waals surface area contributed by atoms with Crippen molar-refractivity contribution >= 4 is 39.1 Å². The molecule has 2 heterocycles. The van der Waals surface area contributed by atoms with Crippen LogP contribution >= 0.6 is 15.9 Å². The summed E-state index contributed by atoms with van der Waals surface area (Å²) in [6, 6.07) is 8.40. The summed E-state index contributed by atoms with van der Waals surface area (Å²) in [5, 5.41) is 15.9. The van der Waals surface area contributed by atoms with Gasteiger partial charge in [0.1, 0.15) is 5.69 Å². The highest BCUT2D eigenvalue weighted by molar-refractivity contribution is 9.10. The van der Waals surface area contributed by atoms with E-state index in [4.69, 9.17) is 0 Å². The third-order valence-electron chi connectivity index (χ3n) is 3.17. The van der Waals surface area contributed by atoms with Crippen LogP contribution in [0.1, 0.15) is 21.0 Å². The van der Waals surface area contributed by atoms with Crippen LogP contribution in [0.15, 0.2) is 47.2 Å². The maximum absolute atomic E-state index is 12.1. The Balaban J connectivity index is 1.64. The largest absolute Gasteiger partial charge is 0.321 e. The predicted molar refractivity (Wildman–Crippen MR) is 91.8 cm³/mol. The lowest BCUT2D eigenvalue weighted by atomic mass is 10.2. The van der Waals surface area contributed by atoms with E-state index in [1.165, 1.54) is 6.20 Å². The first-order chi connectivity index (χ1) is 11.5. The quantitative estimate of drug-likeness (QED) is 0.637. The van der Waals surface area contributed by atoms with Gasteiger partial charge in [0.15, 0.2) is 5.69 Å². The van der Waals surface area contributed by atoms with Gasteiger partial charge in [0.2, 0.25) is 0 Å². The Bertz CT molecular complexity index is 884. The standard InChI is InChI=1S/C15H13BrN6O2/c1-22-7-6-12(21-22)14(23)18-9-2-4-10(5-3-9)19-15(24)13-11(16)8-17-20-13/h2-8H,1H3,(H,17,20)(H,18,23)(H,19,24). The summed E-state index contributed by atoms with van der Waals surface area (Å²) in [5.41, 5.74) is 1.87. The molecule has 0 unspecified atom stereocenters. The van der Waals surface area contributed by atoms with E-state index in [1.807, 2.05) is 0 Å². The fourth-order valence-electron chi connectivity index (χ4n) is 1.99. The number of carbonyl (C=O) groups is 2. The minimum Gasteiger partial charge on any atom is -0.321 e. The van der Waals surface area contributed by atoms with Crippen LogP contribution < -0.4 is 10.6 Å². The van der Waals surface area contributed by atoms with E-state index in [0.29, 0.717) is 27.2 Å². The third-order valence-corrected chi connectivity index (χ3v) is 3.77. The number of halogens is 1. The highest BCUT2D eigenvalue weighted by Gasteiger charge is 2.12. The summed E-state index contributed by atoms with van der Waals surface area (Å²) in [5.74, 6) is -0.613. The highest BCUT2D eigenvalue weighted by Crippen LogP contribution is 2.17. The fourth-order valence-corrected chi connectivity index (χ4v) is 2.36. The van der Waals surface area contributed by atoms with Gasteiger partial charge < -0.3 is 10.6 Å². The number of nitrogens with one attached hydrogen (secondary N) is 3. The molecular formula is C15H13BrN6O2. The molecule has 0 aliphatic heterocycles. The molecule has 0 fully saturated rings. The van der Waals surface area contributed by atoms with Crippen LogP contribution in [0.5, 0.6) is 0 Å². The minimum absolute atomic E-state index is 0.297. The van der Waals surface area contributed by atoms with E-state index in [2.05, 4.69) is 41.9 Å². The lowest BCUT2D eigenvalue weighted by Gasteiger charge is -2.07. The van der Waals surface area contributed by atoms with Crippen molar-refractivity contribution in [3.05, 3.63) is 58.6 Å². The van der Waals surface area contributed by atoms with Crippen molar-refractivity contribution in [1.29, 1.82) is 0 Å². The van der Waals surface area contributed by atoms with Gasteiger partial charge in [-0.1, -0.05) is 0 Å². The van der Waals surface area contributed by atoms with E-state index >= 15 is 0 Å². The molecule has 2 aromatic heterocycles. The first-order valence-corrected chi connectivity index (χ1v) is 7.73. The van der Waals surface area contributed by atoms with Gasteiger partial charge in [-0.25, -0.2) is 0 Å². The number of benzene rings is 1. The molecule has 1 aromatic carbocycles. The molecule has 3 N–H and O–H groups in total. The zero-order valence-corrected chi connectivity index (χ0v) is 14.2. The summed E-state index contributed by atoms with van der Waals surface area (Å²) < 4.78 is 2.14. The minimum atomic E-state index is -0.315. The zero-order chi connectivity index (χ0) is 17.1. The number of carbonyl (C=O) groups excluding carboxylic acids is 2. The Morgan fingerprint density at radius 2 is 1.71 bits per heavy atom. The molecule has 0 saturated carbocycles. The number of aryl methyl sites for hydroxylation is 1. The van der Waals surface area contributed by atoms with Crippen LogP contribution in [-0.2, 0) is 7.05 Å². The van der Waals surface area contributed by atoms with Gasteiger partial charge in [0.05, 0.1) is 10.7 Å². The van der Waals surface area contributed by atoms with Crippen molar-refractivity contribution in [3.63, 3.8) is 0 Å². The van der Waals surface area contributed by atoms with Crippen molar-refractivity contribution in [2.24, 2.45) is 7.05 Å². The molecule has 0 saturated heterocycles. The number of aromatic amines is 1. The number of aromatic nitrogens is 4. The summed E-state index contributed by atoms with van der Waals surface area (Å²) in [6.07, 6.45) is 3.20. The molecule has 0 aliphatic carbocycles. The molecule has 3 rings (SSSR count). The van der Waals surface area contributed by atoms with E-state index in [9.17, 15) is 9.59 Å². The first-order valence-electron chi connectivity index (χ1n) is 6.94. The smallest absolute Gasteiger partial charge is 0.276 e. The van der Waals surface area contributed by atoms with Crippen LogP contribution in [0.2, 0.25) is 0 Å². The van der Waals surface area contributed by atoms with Crippen LogP contribution in [-0.4, -0.2) is 31.8 Å². The molecule has 8 nitrogen and oxygen atoms in total. The molecule has 2 amide bonds. The van der Waals surface area contributed by atoms with Crippen LogP contribution in [0.25, 0.3) is 0 Å². The molecule has 3 aromatic rings. The highest BCUT2D eigenvalue weighted by atomic mass is 79.9. The first kappa shape index (κ1) is 15.9. The topological polar surface area (TPSA) is 105 Å². The monoisotopic (exact) mass is 388 g/mol. The second-order valence-corrected chi connectivity index (χ2v) is 5.81. The van der Waals surface area contributed by atoms with Gasteiger partial charge in [-0.3, -0.25) is 19.4 Å². The fraction of sp³-hybridized carbons (Fsp3) is 0.0667. The van der Waals surface area contributed by atoms with E-state index < -0.39 is 0 Å². The van der Waals surface area contributed by atoms with E-state index in [0.717, 1.165) is 0 Å². The second kappa shape index (κ2) is 6.67. The molecule has 9 heteroatoms. The maximum Gasteiger partial charge on any atom is 0.276 e. The summed E-state index contributed by atoms with van der Waals surface area (Å²) in [4.78, 5) is 24.1. The number of amides is 2. The Hall–Kier alpha value is -2.94. The summed E-state index contributed by atoms with van der Waals surface area (Å²) in [6.45, 7) is 0. The molecule has 0 spiro atoms. The number of nitrogens with zero attached hydrogens (tertiary/aromatic N) is 3. The molecule has 24 heavy (non-hydrogen) atoms. The van der Waals surface area contributed by atoms with Crippen LogP contribution in [0.4, 0.5) is 11.4 Å². The van der Waals surface area contributed by atoms with E-state index in [1.54, 1.807) is 48.3 Å². The molecule has 0 aliphatic rings. The summed E-state index contributed by atoms with van der Waals surface area (Å²) >= 11 is 3.23. The zero-order valence-electron chi connectivity index (χ0n) is 12.6. The van der Waals surface area contributed by atoms with Crippen molar-refractivity contribution in [2.45, 2.75) is 0 Å². The Kier molecular flexibility index (Phi) is 4.43. The number of H-pyrrole nitrogens is 1. The second-order valence-electron chi connectivity index (χ2n) is 4.95. The Morgan fingerprint density at radius 3 is 2.21 bits per heavy atom. The van der Waals surface area contributed by atoms with Gasteiger partial charge in [-0.05, 0) is 46.3 Å². The number of anilines is 2. The third kappa shape index (κ3) is 3.51. The van der Waals surface area contributed by atoms with Gasteiger partial charge in [-0.15, -0.1) is 0 Å². The van der Waals surface area contributed by atoms with Gasteiger partial charge in [-0.2, -0.15) is 10.2 Å². The molecule has 0 radical (unpaired) electrons. The molecule has 0 bridgehead atoms. The average molecular weight is 389 g/mol. The van der Waals surface area contributed by atoms with E-state index in [-0.39, 0.29) is 11.8 Å². The molecule has 0 atom stereocenters. The number of hydrogen-bond donors (Lipinski definition) is 3. The summed E-state index contributed by atoms with van der Waals surface area (Å²) in [7, 11) is 1.74. The Morgan fingerprint density at radius 1 is 1.08 bits per heavy atom. The maximum atomic E-state index is 12.1. The van der Waals surface area contributed by atoms with Crippen molar-refractivity contribution < 1.29 is 9.59 Å². The Labute approximate surface area is 145 Å². The van der Waals surface area contributed by atoms with Crippen molar-refractivity contribution in [3.8, 4) is 0 Å². The average Bonchev–Trinajstić information content (AvgIpc) is 3.17. The normalized spacial score (nSPS) is 10.4. The number of hydrogen-bond acceptors (Lipinski definition) is 4.